The largest absolute Gasteiger partial charge is 0.385 e. The summed E-state index contributed by atoms with van der Waals surface area (Å²) in [5.74, 6) is -0.0184. The van der Waals surface area contributed by atoms with Crippen LogP contribution in [0, 0.1) is 0 Å². The molecule has 1 aromatic rings. The maximum Gasteiger partial charge on any atom is 0.251 e. The Balaban J connectivity index is 2.69. The van der Waals surface area contributed by atoms with E-state index in [9.17, 15) is 4.79 Å². The minimum atomic E-state index is -0.0184. The molecule has 0 bridgehead atoms. The zero-order chi connectivity index (χ0) is 12.0. The summed E-state index contributed by atoms with van der Waals surface area (Å²) >= 11 is 0. The predicted octanol–water partition coefficient (Wildman–Crippen LogP) is 2.65. The molecule has 0 aliphatic rings. The number of nitrogens with one attached hydrogen (secondary N) is 2. The lowest BCUT2D eigenvalue weighted by Crippen LogP contribution is -2.30. The highest BCUT2D eigenvalue weighted by Gasteiger charge is 2.06. The molecule has 1 rings (SSSR count). The van der Waals surface area contributed by atoms with Gasteiger partial charge in [-0.15, -0.1) is 0 Å². The number of carbonyl (C=O) groups excluding carboxylic acids is 1. The van der Waals surface area contributed by atoms with Crippen LogP contribution >= 0.6 is 0 Å². The van der Waals surface area contributed by atoms with Gasteiger partial charge < -0.3 is 10.6 Å². The van der Waals surface area contributed by atoms with Crippen molar-refractivity contribution in [1.82, 2.24) is 5.32 Å². The smallest absolute Gasteiger partial charge is 0.251 e. The molecule has 0 heterocycles. The molecule has 0 unspecified atom stereocenters. The van der Waals surface area contributed by atoms with Gasteiger partial charge in [0, 0.05) is 23.8 Å². The minimum Gasteiger partial charge on any atom is -0.385 e. The Hall–Kier alpha value is -1.51. The minimum absolute atomic E-state index is 0.0184. The molecule has 0 atom stereocenters. The van der Waals surface area contributed by atoms with E-state index < -0.39 is 0 Å². The van der Waals surface area contributed by atoms with E-state index in [1.54, 1.807) is 0 Å². The number of rotatable bonds is 5. The van der Waals surface area contributed by atoms with Crippen LogP contribution in [0.2, 0.25) is 0 Å². The van der Waals surface area contributed by atoms with Crippen LogP contribution in [0.3, 0.4) is 0 Å². The lowest BCUT2D eigenvalue weighted by molar-refractivity contribution is 0.0943. The van der Waals surface area contributed by atoms with E-state index in [1.165, 1.54) is 0 Å². The van der Waals surface area contributed by atoms with Gasteiger partial charge in [-0.25, -0.2) is 0 Å². The molecule has 0 fully saturated rings. The molecule has 16 heavy (non-hydrogen) atoms. The Bertz CT molecular complexity index is 348. The zero-order valence-electron chi connectivity index (χ0n) is 10.2. The van der Waals surface area contributed by atoms with Gasteiger partial charge in [-0.3, -0.25) is 4.79 Å². The molecular formula is C13H20N2O. The first kappa shape index (κ1) is 12.6. The standard InChI is InChI=1S/C13H20N2O/c1-4-8-14-12-7-5-6-11(9-12)13(16)15-10(2)3/h5-7,9-10,14H,4,8H2,1-3H3,(H,15,16). The molecular weight excluding hydrogens is 200 g/mol. The average molecular weight is 220 g/mol. The SMILES string of the molecule is CCCNc1cccc(C(=O)NC(C)C)c1. The van der Waals surface area contributed by atoms with Crippen LogP contribution in [0.25, 0.3) is 0 Å². The fraction of sp³-hybridized carbons (Fsp3) is 0.462. The summed E-state index contributed by atoms with van der Waals surface area (Å²) in [6, 6.07) is 7.75. The number of amides is 1. The first-order valence-electron chi connectivity index (χ1n) is 5.78. The zero-order valence-corrected chi connectivity index (χ0v) is 10.2. The molecule has 0 aromatic heterocycles. The molecule has 0 aliphatic carbocycles. The van der Waals surface area contributed by atoms with Crippen molar-refractivity contribution in [3.05, 3.63) is 29.8 Å². The summed E-state index contributed by atoms with van der Waals surface area (Å²) in [5, 5.41) is 6.14. The lowest BCUT2D eigenvalue weighted by atomic mass is 10.1. The number of hydrogen-bond donors (Lipinski definition) is 2. The Kier molecular flexibility index (Phi) is 4.83. The molecule has 0 radical (unpaired) electrons. The van der Waals surface area contributed by atoms with Gasteiger partial charge in [-0.1, -0.05) is 13.0 Å². The number of anilines is 1. The van der Waals surface area contributed by atoms with Crippen LogP contribution in [0.1, 0.15) is 37.6 Å². The molecule has 2 N–H and O–H groups in total. The van der Waals surface area contributed by atoms with Crippen LogP contribution in [-0.4, -0.2) is 18.5 Å². The van der Waals surface area contributed by atoms with Gasteiger partial charge in [0.2, 0.25) is 0 Å². The van der Waals surface area contributed by atoms with Crippen molar-refractivity contribution in [2.45, 2.75) is 33.2 Å². The molecule has 0 spiro atoms. The van der Waals surface area contributed by atoms with Crippen molar-refractivity contribution >= 4 is 11.6 Å². The van der Waals surface area contributed by atoms with Crippen LogP contribution in [0.15, 0.2) is 24.3 Å². The second-order valence-electron chi connectivity index (χ2n) is 4.14. The summed E-state index contributed by atoms with van der Waals surface area (Å²) < 4.78 is 0. The lowest BCUT2D eigenvalue weighted by Gasteiger charge is -2.10. The fourth-order valence-corrected chi connectivity index (χ4v) is 1.39. The van der Waals surface area contributed by atoms with Gasteiger partial charge in [0.05, 0.1) is 0 Å². The third kappa shape index (κ3) is 3.93. The van der Waals surface area contributed by atoms with Gasteiger partial charge in [-0.05, 0) is 38.5 Å². The monoisotopic (exact) mass is 220 g/mol. The van der Waals surface area contributed by atoms with Crippen molar-refractivity contribution in [1.29, 1.82) is 0 Å². The Morgan fingerprint density at radius 1 is 1.38 bits per heavy atom. The fourth-order valence-electron chi connectivity index (χ4n) is 1.39. The Labute approximate surface area is 97.2 Å². The van der Waals surface area contributed by atoms with E-state index >= 15 is 0 Å². The van der Waals surface area contributed by atoms with E-state index in [0.717, 1.165) is 18.7 Å². The summed E-state index contributed by atoms with van der Waals surface area (Å²) in [7, 11) is 0. The van der Waals surface area contributed by atoms with E-state index in [-0.39, 0.29) is 11.9 Å². The second-order valence-corrected chi connectivity index (χ2v) is 4.14. The first-order chi connectivity index (χ1) is 7.63. The topological polar surface area (TPSA) is 41.1 Å². The van der Waals surface area contributed by atoms with Crippen molar-refractivity contribution in [3.8, 4) is 0 Å². The van der Waals surface area contributed by atoms with Crippen LogP contribution in [0.4, 0.5) is 5.69 Å². The summed E-state index contributed by atoms with van der Waals surface area (Å²) in [4.78, 5) is 11.7. The molecule has 3 nitrogen and oxygen atoms in total. The highest BCUT2D eigenvalue weighted by Crippen LogP contribution is 2.10. The second kappa shape index (κ2) is 6.16. The normalized spacial score (nSPS) is 10.2. The third-order valence-electron chi connectivity index (χ3n) is 2.12. The quantitative estimate of drug-likeness (QED) is 0.801. The highest BCUT2D eigenvalue weighted by molar-refractivity contribution is 5.95. The molecule has 1 amide bonds. The van der Waals surface area contributed by atoms with Gasteiger partial charge in [0.15, 0.2) is 0 Å². The van der Waals surface area contributed by atoms with Crippen LogP contribution in [-0.2, 0) is 0 Å². The molecule has 88 valence electrons. The molecule has 0 aliphatic heterocycles. The first-order valence-corrected chi connectivity index (χ1v) is 5.78. The Morgan fingerprint density at radius 2 is 2.12 bits per heavy atom. The molecule has 1 aromatic carbocycles. The number of hydrogen-bond acceptors (Lipinski definition) is 2. The number of benzene rings is 1. The van der Waals surface area contributed by atoms with Crippen molar-refractivity contribution in [2.24, 2.45) is 0 Å². The summed E-state index contributed by atoms with van der Waals surface area (Å²) in [6.07, 6.45) is 1.07. The third-order valence-corrected chi connectivity index (χ3v) is 2.12. The average Bonchev–Trinajstić information content (AvgIpc) is 2.26. The van der Waals surface area contributed by atoms with Gasteiger partial charge >= 0.3 is 0 Å². The van der Waals surface area contributed by atoms with Crippen molar-refractivity contribution in [3.63, 3.8) is 0 Å². The number of carbonyl (C=O) groups is 1. The van der Waals surface area contributed by atoms with Crippen LogP contribution < -0.4 is 10.6 Å². The Morgan fingerprint density at radius 3 is 2.75 bits per heavy atom. The molecule has 0 saturated heterocycles. The summed E-state index contributed by atoms with van der Waals surface area (Å²) in [5.41, 5.74) is 1.70. The van der Waals surface area contributed by atoms with Crippen LogP contribution in [0.5, 0.6) is 0 Å². The maximum absolute atomic E-state index is 11.7. The van der Waals surface area contributed by atoms with Crippen molar-refractivity contribution < 1.29 is 4.79 Å². The van der Waals surface area contributed by atoms with E-state index in [2.05, 4.69) is 17.6 Å². The van der Waals surface area contributed by atoms with E-state index in [1.807, 2.05) is 38.1 Å². The van der Waals surface area contributed by atoms with E-state index in [4.69, 9.17) is 0 Å². The molecule has 3 heteroatoms. The molecule has 0 saturated carbocycles. The van der Waals surface area contributed by atoms with E-state index in [0.29, 0.717) is 5.56 Å². The van der Waals surface area contributed by atoms with Gasteiger partial charge in [0.25, 0.3) is 5.91 Å². The predicted molar refractivity (Wildman–Crippen MR) is 67.8 cm³/mol. The highest BCUT2D eigenvalue weighted by atomic mass is 16.1. The summed E-state index contributed by atoms with van der Waals surface area (Å²) in [6.45, 7) is 6.95. The van der Waals surface area contributed by atoms with Gasteiger partial charge in [-0.2, -0.15) is 0 Å². The van der Waals surface area contributed by atoms with Gasteiger partial charge in [0.1, 0.15) is 0 Å². The maximum atomic E-state index is 11.7. The van der Waals surface area contributed by atoms with Crippen molar-refractivity contribution in [2.75, 3.05) is 11.9 Å².